The molecule has 0 fully saturated rings. The van der Waals surface area contributed by atoms with Gasteiger partial charge in [0, 0.05) is 22.8 Å². The van der Waals surface area contributed by atoms with Gasteiger partial charge in [-0.3, -0.25) is 4.79 Å². The molecule has 3 N–H and O–H groups in total. The fraction of sp³-hybridized carbons (Fsp3) is 0.286. The van der Waals surface area contributed by atoms with E-state index in [1.807, 2.05) is 32.0 Å². The van der Waals surface area contributed by atoms with E-state index in [9.17, 15) is 4.79 Å². The van der Waals surface area contributed by atoms with Crippen LogP contribution in [0.5, 0.6) is 0 Å². The minimum atomic E-state index is -0.00725. The molecule has 0 bridgehead atoms. The molecular weight excluding hydrogens is 310 g/mol. The molecule has 0 atom stereocenters. The zero-order valence-electron chi connectivity index (χ0n) is 15.1. The number of hydrogen-bond donors (Lipinski definition) is 3. The number of aromatic nitrogens is 1. The lowest BCUT2D eigenvalue weighted by molar-refractivity contribution is -0.115. The molecule has 2 aromatic carbocycles. The molecule has 0 aliphatic rings. The van der Waals surface area contributed by atoms with Gasteiger partial charge in [0.05, 0.1) is 6.54 Å². The summed E-state index contributed by atoms with van der Waals surface area (Å²) in [5, 5.41) is 7.50. The second-order valence-electron chi connectivity index (χ2n) is 6.60. The maximum atomic E-state index is 12.2. The predicted octanol–water partition coefficient (Wildman–Crippen LogP) is 3.86. The van der Waals surface area contributed by atoms with Crippen LogP contribution in [0.3, 0.4) is 0 Å². The lowest BCUT2D eigenvalue weighted by Crippen LogP contribution is -2.29. The van der Waals surface area contributed by atoms with E-state index in [1.54, 1.807) is 0 Å². The average Bonchev–Trinajstić information content (AvgIpc) is 2.97. The van der Waals surface area contributed by atoms with Crippen molar-refractivity contribution in [3.63, 3.8) is 0 Å². The molecule has 4 heteroatoms. The summed E-state index contributed by atoms with van der Waals surface area (Å²) in [6.45, 7) is 7.20. The van der Waals surface area contributed by atoms with Gasteiger partial charge in [0.15, 0.2) is 0 Å². The highest BCUT2D eigenvalue weighted by molar-refractivity contribution is 5.93. The van der Waals surface area contributed by atoms with Crippen LogP contribution in [0.25, 0.3) is 10.9 Å². The van der Waals surface area contributed by atoms with Crippen LogP contribution in [0.2, 0.25) is 0 Å². The zero-order valence-corrected chi connectivity index (χ0v) is 15.1. The Morgan fingerprint density at radius 3 is 2.60 bits per heavy atom. The van der Waals surface area contributed by atoms with Crippen molar-refractivity contribution in [2.45, 2.75) is 27.2 Å². The van der Waals surface area contributed by atoms with E-state index in [2.05, 4.69) is 46.9 Å². The first kappa shape index (κ1) is 17.2. The van der Waals surface area contributed by atoms with Crippen LogP contribution in [0.15, 0.2) is 42.6 Å². The van der Waals surface area contributed by atoms with Crippen molar-refractivity contribution in [3.05, 3.63) is 64.8 Å². The molecule has 0 saturated heterocycles. The van der Waals surface area contributed by atoms with Crippen LogP contribution in [0, 0.1) is 20.8 Å². The Kier molecular flexibility index (Phi) is 5.19. The number of amides is 1. The number of nitrogens with one attached hydrogen (secondary N) is 3. The van der Waals surface area contributed by atoms with Crippen LogP contribution in [-0.4, -0.2) is 24.0 Å². The van der Waals surface area contributed by atoms with Gasteiger partial charge in [0.2, 0.25) is 5.91 Å². The van der Waals surface area contributed by atoms with E-state index in [-0.39, 0.29) is 5.91 Å². The third-order valence-corrected chi connectivity index (χ3v) is 4.53. The highest BCUT2D eigenvalue weighted by Crippen LogP contribution is 2.20. The summed E-state index contributed by atoms with van der Waals surface area (Å²) in [6, 6.07) is 12.4. The molecule has 130 valence electrons. The number of rotatable bonds is 6. The van der Waals surface area contributed by atoms with Crippen LogP contribution < -0.4 is 10.6 Å². The van der Waals surface area contributed by atoms with Gasteiger partial charge in [-0.2, -0.15) is 0 Å². The maximum absolute atomic E-state index is 12.2. The van der Waals surface area contributed by atoms with Crippen molar-refractivity contribution in [2.24, 2.45) is 0 Å². The van der Waals surface area contributed by atoms with Gasteiger partial charge < -0.3 is 15.6 Å². The smallest absolute Gasteiger partial charge is 0.238 e. The van der Waals surface area contributed by atoms with Gasteiger partial charge in [-0.15, -0.1) is 0 Å². The van der Waals surface area contributed by atoms with E-state index in [0.717, 1.165) is 35.3 Å². The minimum absolute atomic E-state index is 0.00725. The van der Waals surface area contributed by atoms with Crippen molar-refractivity contribution in [1.82, 2.24) is 10.3 Å². The largest absolute Gasteiger partial charge is 0.361 e. The maximum Gasteiger partial charge on any atom is 0.238 e. The Bertz CT molecular complexity index is 875. The third kappa shape index (κ3) is 4.09. The number of fused-ring (bicyclic) bond motifs is 1. The molecular formula is C21H25N3O. The van der Waals surface area contributed by atoms with E-state index in [0.29, 0.717) is 6.54 Å². The molecule has 0 aliphatic carbocycles. The van der Waals surface area contributed by atoms with Crippen LogP contribution in [-0.2, 0) is 11.2 Å². The summed E-state index contributed by atoms with van der Waals surface area (Å²) >= 11 is 0. The van der Waals surface area contributed by atoms with Gasteiger partial charge in [0.25, 0.3) is 0 Å². The molecule has 1 heterocycles. The van der Waals surface area contributed by atoms with E-state index in [1.165, 1.54) is 16.5 Å². The Morgan fingerprint density at radius 1 is 1.08 bits per heavy atom. The fourth-order valence-corrected chi connectivity index (χ4v) is 3.12. The molecule has 0 aliphatic heterocycles. The van der Waals surface area contributed by atoms with Crippen molar-refractivity contribution in [2.75, 3.05) is 18.4 Å². The normalized spacial score (nSPS) is 11.0. The lowest BCUT2D eigenvalue weighted by atomic mass is 10.1. The molecule has 3 aromatic rings. The van der Waals surface area contributed by atoms with Crippen molar-refractivity contribution >= 4 is 22.5 Å². The molecule has 0 radical (unpaired) electrons. The van der Waals surface area contributed by atoms with Gasteiger partial charge in [-0.1, -0.05) is 29.8 Å². The highest BCUT2D eigenvalue weighted by atomic mass is 16.1. The zero-order chi connectivity index (χ0) is 17.8. The number of aryl methyl sites for hydroxylation is 3. The second kappa shape index (κ2) is 7.53. The number of anilines is 1. The number of H-pyrrole nitrogens is 1. The molecule has 0 spiro atoms. The predicted molar refractivity (Wildman–Crippen MR) is 104 cm³/mol. The molecule has 1 amide bonds. The third-order valence-electron chi connectivity index (χ3n) is 4.53. The van der Waals surface area contributed by atoms with E-state index >= 15 is 0 Å². The lowest BCUT2D eigenvalue weighted by Gasteiger charge is -2.11. The summed E-state index contributed by atoms with van der Waals surface area (Å²) in [5.41, 5.74) is 6.79. The summed E-state index contributed by atoms with van der Waals surface area (Å²) in [5.74, 6) is -0.00725. The highest BCUT2D eigenvalue weighted by Gasteiger charge is 2.07. The monoisotopic (exact) mass is 335 g/mol. The standard InChI is InChI=1S/C21H25N3O/c1-14-7-8-19-18(11-14)17(12-23-19)9-10-22-13-20(25)24-21-15(2)5-4-6-16(21)3/h4-8,11-12,22-23H,9-10,13H2,1-3H3,(H,24,25). The molecule has 25 heavy (non-hydrogen) atoms. The minimum Gasteiger partial charge on any atom is -0.361 e. The summed E-state index contributed by atoms with van der Waals surface area (Å²) in [6.07, 6.45) is 2.95. The summed E-state index contributed by atoms with van der Waals surface area (Å²) < 4.78 is 0. The molecule has 0 saturated carbocycles. The number of carbonyl (C=O) groups is 1. The quantitative estimate of drug-likeness (QED) is 0.599. The fourth-order valence-electron chi connectivity index (χ4n) is 3.12. The first-order chi connectivity index (χ1) is 12.0. The Morgan fingerprint density at radius 2 is 1.84 bits per heavy atom. The Hall–Kier alpha value is -2.59. The first-order valence-corrected chi connectivity index (χ1v) is 8.68. The summed E-state index contributed by atoms with van der Waals surface area (Å²) in [4.78, 5) is 15.5. The van der Waals surface area contributed by atoms with E-state index in [4.69, 9.17) is 0 Å². The number of para-hydroxylation sites is 1. The molecule has 1 aromatic heterocycles. The van der Waals surface area contributed by atoms with Crippen molar-refractivity contribution in [1.29, 1.82) is 0 Å². The van der Waals surface area contributed by atoms with Crippen LogP contribution in [0.4, 0.5) is 5.69 Å². The summed E-state index contributed by atoms with van der Waals surface area (Å²) in [7, 11) is 0. The second-order valence-corrected chi connectivity index (χ2v) is 6.60. The SMILES string of the molecule is Cc1ccc2[nH]cc(CCNCC(=O)Nc3c(C)cccc3C)c2c1. The van der Waals surface area contributed by atoms with Crippen LogP contribution in [0.1, 0.15) is 22.3 Å². The van der Waals surface area contributed by atoms with Gasteiger partial charge in [0.1, 0.15) is 0 Å². The van der Waals surface area contributed by atoms with Crippen molar-refractivity contribution in [3.8, 4) is 0 Å². The average molecular weight is 335 g/mol. The van der Waals surface area contributed by atoms with Gasteiger partial charge in [-0.25, -0.2) is 0 Å². The topological polar surface area (TPSA) is 56.9 Å². The molecule has 0 unspecified atom stereocenters. The number of benzene rings is 2. The number of hydrogen-bond acceptors (Lipinski definition) is 2. The molecule has 3 rings (SSSR count). The Labute approximate surface area is 148 Å². The Balaban J connectivity index is 1.51. The van der Waals surface area contributed by atoms with Crippen LogP contribution >= 0.6 is 0 Å². The van der Waals surface area contributed by atoms with Crippen molar-refractivity contribution < 1.29 is 4.79 Å². The number of aromatic amines is 1. The molecule has 4 nitrogen and oxygen atoms in total. The number of carbonyl (C=O) groups excluding carboxylic acids is 1. The van der Waals surface area contributed by atoms with Gasteiger partial charge >= 0.3 is 0 Å². The van der Waals surface area contributed by atoms with Gasteiger partial charge in [-0.05, 0) is 62.6 Å². The first-order valence-electron chi connectivity index (χ1n) is 8.68. The van der Waals surface area contributed by atoms with E-state index < -0.39 is 0 Å².